The summed E-state index contributed by atoms with van der Waals surface area (Å²) in [6.45, 7) is 1.49. The molecule has 6 heteroatoms. The molecule has 4 aromatic carbocycles. The van der Waals surface area contributed by atoms with E-state index in [1.807, 2.05) is 85.9 Å². The van der Waals surface area contributed by atoms with E-state index in [2.05, 4.69) is 58.4 Å². The van der Waals surface area contributed by atoms with E-state index in [9.17, 15) is 9.59 Å². The van der Waals surface area contributed by atoms with E-state index >= 15 is 0 Å². The van der Waals surface area contributed by atoms with Crippen LogP contribution in [0, 0.1) is 0 Å². The number of aromatic nitrogens is 1. The predicted molar refractivity (Wildman–Crippen MR) is 171 cm³/mol. The molecule has 2 amide bonds. The number of nitrogens with one attached hydrogen (secondary N) is 1. The molecular formula is C36H38N4O2. The Morgan fingerprint density at radius 1 is 0.667 bits per heavy atom. The first-order valence-corrected chi connectivity index (χ1v) is 14.5. The van der Waals surface area contributed by atoms with E-state index in [1.165, 1.54) is 10.9 Å². The molecule has 1 aromatic heterocycles. The number of anilines is 1. The van der Waals surface area contributed by atoms with Crippen molar-refractivity contribution < 1.29 is 9.59 Å². The summed E-state index contributed by atoms with van der Waals surface area (Å²) in [5.41, 5.74) is 6.14. The number of fused-ring (bicyclic) bond motifs is 1. The van der Waals surface area contributed by atoms with Crippen LogP contribution in [0.2, 0.25) is 0 Å². The Hall–Kier alpha value is -4.84. The van der Waals surface area contributed by atoms with Crippen LogP contribution in [0.4, 0.5) is 5.69 Å². The highest BCUT2D eigenvalue weighted by molar-refractivity contribution is 5.96. The van der Waals surface area contributed by atoms with Crippen molar-refractivity contribution in [3.63, 3.8) is 0 Å². The van der Waals surface area contributed by atoms with Gasteiger partial charge in [-0.15, -0.1) is 0 Å². The largest absolute Gasteiger partial charge is 0.378 e. The summed E-state index contributed by atoms with van der Waals surface area (Å²) in [6.07, 6.45) is 3.42. The second kappa shape index (κ2) is 13.7. The third kappa shape index (κ3) is 7.26. The summed E-state index contributed by atoms with van der Waals surface area (Å²) in [6, 6.07) is 35.8. The minimum Gasteiger partial charge on any atom is -0.378 e. The van der Waals surface area contributed by atoms with Crippen molar-refractivity contribution in [1.29, 1.82) is 0 Å². The van der Waals surface area contributed by atoms with E-state index in [-0.39, 0.29) is 18.4 Å². The lowest BCUT2D eigenvalue weighted by Gasteiger charge is -2.28. The number of carbonyl (C=O) groups is 2. The zero-order chi connectivity index (χ0) is 29.3. The Morgan fingerprint density at radius 3 is 2.02 bits per heavy atom. The number of hydrogen-bond acceptors (Lipinski definition) is 3. The van der Waals surface area contributed by atoms with Crippen molar-refractivity contribution in [2.45, 2.75) is 19.4 Å². The third-order valence-corrected chi connectivity index (χ3v) is 7.65. The molecule has 1 heterocycles. The standard InChI is InChI=1S/C36H38N4O2/c1-38(2)32-19-17-29(18-20-32)26-39(24-22-31-25-37-34-16-10-9-15-33(31)34)35(41)27-40(23-21-28-11-5-3-6-12-28)36(42)30-13-7-4-8-14-30/h3-20,25,37H,21-24,26-27H2,1-2H3. The number of H-pyrrole nitrogens is 1. The third-order valence-electron chi connectivity index (χ3n) is 7.65. The van der Waals surface area contributed by atoms with Gasteiger partial charge in [-0.3, -0.25) is 9.59 Å². The molecule has 214 valence electrons. The van der Waals surface area contributed by atoms with Crippen molar-refractivity contribution >= 4 is 28.4 Å². The number of amides is 2. The molecule has 1 N–H and O–H groups in total. The second-order valence-corrected chi connectivity index (χ2v) is 10.8. The fraction of sp³-hybridized carbons (Fsp3) is 0.222. The number of carbonyl (C=O) groups excluding carboxylic acids is 2. The summed E-state index contributed by atoms with van der Waals surface area (Å²) in [4.78, 5) is 36.6. The lowest BCUT2D eigenvalue weighted by atomic mass is 10.1. The minimum absolute atomic E-state index is 0.0181. The molecule has 0 bridgehead atoms. The average molecular weight is 559 g/mol. The first-order valence-electron chi connectivity index (χ1n) is 14.5. The summed E-state index contributed by atoms with van der Waals surface area (Å²) in [5.74, 6) is -0.198. The summed E-state index contributed by atoms with van der Waals surface area (Å²) < 4.78 is 0. The maximum atomic E-state index is 14.0. The molecule has 0 saturated carbocycles. The maximum absolute atomic E-state index is 14.0. The van der Waals surface area contributed by atoms with E-state index in [0.29, 0.717) is 38.0 Å². The van der Waals surface area contributed by atoms with Crippen LogP contribution in [0.1, 0.15) is 27.0 Å². The number of rotatable bonds is 12. The molecule has 6 nitrogen and oxygen atoms in total. The zero-order valence-electron chi connectivity index (χ0n) is 24.4. The van der Waals surface area contributed by atoms with Crippen LogP contribution in [0.15, 0.2) is 115 Å². The predicted octanol–water partition coefficient (Wildman–Crippen LogP) is 6.19. The normalized spacial score (nSPS) is 10.9. The SMILES string of the molecule is CN(C)c1ccc(CN(CCc2c[nH]c3ccccc23)C(=O)CN(CCc2ccccc2)C(=O)c2ccccc2)cc1. The summed E-state index contributed by atoms with van der Waals surface area (Å²) >= 11 is 0. The van der Waals surface area contributed by atoms with Gasteiger partial charge in [-0.1, -0.05) is 78.9 Å². The maximum Gasteiger partial charge on any atom is 0.254 e. The van der Waals surface area contributed by atoms with Gasteiger partial charge in [-0.25, -0.2) is 0 Å². The average Bonchev–Trinajstić information content (AvgIpc) is 3.45. The molecule has 5 rings (SSSR count). The number of nitrogens with zero attached hydrogens (tertiary/aromatic N) is 3. The Labute approximate surface area is 248 Å². The molecule has 0 radical (unpaired) electrons. The van der Waals surface area contributed by atoms with Gasteiger partial charge in [0.05, 0.1) is 0 Å². The molecule has 0 aliphatic heterocycles. The molecule has 0 unspecified atom stereocenters. The zero-order valence-corrected chi connectivity index (χ0v) is 24.4. The number of benzene rings is 4. The molecule has 5 aromatic rings. The van der Waals surface area contributed by atoms with Crippen molar-refractivity contribution in [2.24, 2.45) is 0 Å². The van der Waals surface area contributed by atoms with Gasteiger partial charge in [0.2, 0.25) is 5.91 Å². The van der Waals surface area contributed by atoms with E-state index in [4.69, 9.17) is 0 Å². The molecule has 0 aliphatic carbocycles. The van der Waals surface area contributed by atoms with Crippen LogP contribution in [-0.2, 0) is 24.2 Å². The first kappa shape index (κ1) is 28.7. The Bertz CT molecular complexity index is 1590. The van der Waals surface area contributed by atoms with Gasteiger partial charge >= 0.3 is 0 Å². The highest BCUT2D eigenvalue weighted by Gasteiger charge is 2.23. The lowest BCUT2D eigenvalue weighted by Crippen LogP contribution is -2.44. The summed E-state index contributed by atoms with van der Waals surface area (Å²) in [7, 11) is 4.03. The van der Waals surface area contributed by atoms with Crippen molar-refractivity contribution in [2.75, 3.05) is 38.6 Å². The van der Waals surface area contributed by atoms with Gasteiger partial charge in [-0.05, 0) is 59.9 Å². The minimum atomic E-state index is -0.133. The highest BCUT2D eigenvalue weighted by atomic mass is 16.2. The Kier molecular flexibility index (Phi) is 9.34. The molecule has 0 spiro atoms. The van der Waals surface area contributed by atoms with Crippen LogP contribution in [0.5, 0.6) is 0 Å². The molecule has 0 atom stereocenters. The molecule has 0 aliphatic rings. The Morgan fingerprint density at radius 2 is 1.31 bits per heavy atom. The number of para-hydroxylation sites is 1. The van der Waals surface area contributed by atoms with Gasteiger partial charge in [0.15, 0.2) is 0 Å². The van der Waals surface area contributed by atoms with Crippen LogP contribution in [0.3, 0.4) is 0 Å². The summed E-state index contributed by atoms with van der Waals surface area (Å²) in [5, 5.41) is 1.17. The van der Waals surface area contributed by atoms with Crippen LogP contribution < -0.4 is 4.90 Å². The quantitative estimate of drug-likeness (QED) is 0.199. The van der Waals surface area contributed by atoms with E-state index in [1.54, 1.807) is 4.90 Å². The highest BCUT2D eigenvalue weighted by Crippen LogP contribution is 2.20. The van der Waals surface area contributed by atoms with Crippen molar-refractivity contribution in [1.82, 2.24) is 14.8 Å². The van der Waals surface area contributed by atoms with Gasteiger partial charge in [0.25, 0.3) is 5.91 Å². The molecule has 0 saturated heterocycles. The van der Waals surface area contributed by atoms with Crippen molar-refractivity contribution in [3.05, 3.63) is 138 Å². The van der Waals surface area contributed by atoms with Gasteiger partial charge in [-0.2, -0.15) is 0 Å². The number of aromatic amines is 1. The fourth-order valence-corrected chi connectivity index (χ4v) is 5.19. The van der Waals surface area contributed by atoms with Crippen molar-refractivity contribution in [3.8, 4) is 0 Å². The van der Waals surface area contributed by atoms with Crippen LogP contribution in [-0.4, -0.2) is 60.3 Å². The van der Waals surface area contributed by atoms with Crippen LogP contribution >= 0.6 is 0 Å². The monoisotopic (exact) mass is 558 g/mol. The lowest BCUT2D eigenvalue weighted by molar-refractivity contribution is -0.132. The smallest absolute Gasteiger partial charge is 0.254 e. The van der Waals surface area contributed by atoms with Gasteiger partial charge < -0.3 is 19.7 Å². The molecule has 0 fully saturated rings. The second-order valence-electron chi connectivity index (χ2n) is 10.8. The fourth-order valence-electron chi connectivity index (χ4n) is 5.19. The topological polar surface area (TPSA) is 59.7 Å². The first-order chi connectivity index (χ1) is 20.5. The van der Waals surface area contributed by atoms with E-state index < -0.39 is 0 Å². The molecular weight excluding hydrogens is 520 g/mol. The Balaban J connectivity index is 1.37. The van der Waals surface area contributed by atoms with Gasteiger partial charge in [0, 0.05) is 62.1 Å². The van der Waals surface area contributed by atoms with E-state index in [0.717, 1.165) is 22.3 Å². The van der Waals surface area contributed by atoms with Gasteiger partial charge in [0.1, 0.15) is 6.54 Å². The number of hydrogen-bond donors (Lipinski definition) is 1. The van der Waals surface area contributed by atoms with Crippen LogP contribution in [0.25, 0.3) is 10.9 Å². The molecule has 42 heavy (non-hydrogen) atoms.